The Labute approximate surface area is 182 Å². The number of anilines is 1. The summed E-state index contributed by atoms with van der Waals surface area (Å²) in [5.74, 6) is -0.613. The van der Waals surface area contributed by atoms with Crippen LogP contribution in [0.3, 0.4) is 0 Å². The van der Waals surface area contributed by atoms with Crippen molar-refractivity contribution < 1.29 is 24.2 Å². The van der Waals surface area contributed by atoms with Crippen molar-refractivity contribution in [2.75, 3.05) is 25.6 Å². The van der Waals surface area contributed by atoms with Gasteiger partial charge in [-0.1, -0.05) is 0 Å². The average molecular weight is 445 g/mol. The van der Waals surface area contributed by atoms with Crippen molar-refractivity contribution in [3.8, 4) is 5.75 Å². The monoisotopic (exact) mass is 445 g/mol. The summed E-state index contributed by atoms with van der Waals surface area (Å²) < 4.78 is 11.7. The Kier molecular flexibility index (Phi) is 7.03. The molecule has 31 heavy (non-hydrogen) atoms. The number of carbonyl (C=O) groups is 2. The van der Waals surface area contributed by atoms with Gasteiger partial charge in [0.25, 0.3) is 5.56 Å². The molecule has 0 aliphatic heterocycles. The highest BCUT2D eigenvalue weighted by Gasteiger charge is 2.25. The molecule has 9 nitrogen and oxygen atoms in total. The summed E-state index contributed by atoms with van der Waals surface area (Å²) in [4.78, 5) is 42.5. The van der Waals surface area contributed by atoms with Gasteiger partial charge in [0.1, 0.15) is 22.4 Å². The number of methoxy groups -OCH3 is 1. The Morgan fingerprint density at radius 2 is 2.00 bits per heavy atom. The van der Waals surface area contributed by atoms with E-state index in [1.165, 1.54) is 17.1 Å². The Morgan fingerprint density at radius 1 is 1.29 bits per heavy atom. The van der Waals surface area contributed by atoms with E-state index in [0.29, 0.717) is 41.7 Å². The lowest BCUT2D eigenvalue weighted by Gasteiger charge is -2.19. The Bertz CT molecular complexity index is 1150. The van der Waals surface area contributed by atoms with E-state index in [2.05, 4.69) is 10.3 Å². The molecule has 2 N–H and O–H groups in total. The van der Waals surface area contributed by atoms with Gasteiger partial charge < -0.3 is 19.9 Å². The van der Waals surface area contributed by atoms with E-state index in [0.717, 1.165) is 11.3 Å². The van der Waals surface area contributed by atoms with Crippen molar-refractivity contribution in [1.82, 2.24) is 9.55 Å². The molecule has 0 bridgehead atoms. The van der Waals surface area contributed by atoms with Crippen molar-refractivity contribution >= 4 is 39.1 Å². The number of fused-ring (bicyclic) bond motifs is 1. The molecule has 10 heteroatoms. The lowest BCUT2D eigenvalue weighted by molar-refractivity contribution is -0.119. The molecular formula is C21H23N3O6S. The van der Waals surface area contributed by atoms with Crippen molar-refractivity contribution in [2.24, 2.45) is 0 Å². The zero-order valence-electron chi connectivity index (χ0n) is 17.4. The number of ether oxygens (including phenoxy) is 2. The second kappa shape index (κ2) is 9.71. The number of aromatic carboxylic acids is 1. The van der Waals surface area contributed by atoms with Gasteiger partial charge in [0.2, 0.25) is 5.91 Å². The molecule has 3 rings (SSSR count). The molecule has 164 valence electrons. The maximum absolute atomic E-state index is 13.2. The molecule has 1 unspecified atom stereocenters. The van der Waals surface area contributed by atoms with Crippen LogP contribution in [0.25, 0.3) is 10.2 Å². The summed E-state index contributed by atoms with van der Waals surface area (Å²) in [6.45, 7) is 4.28. The highest BCUT2D eigenvalue weighted by Crippen LogP contribution is 2.24. The number of carboxylic acids is 1. The van der Waals surface area contributed by atoms with Gasteiger partial charge in [-0.15, -0.1) is 11.3 Å². The number of aromatic nitrogens is 2. The SMILES string of the molecule is CCOc1ccc(NC(=O)C(C)n2c(CCOC)nc3scc(C(=O)O)c3c2=O)cc1. The third-order valence-corrected chi connectivity index (χ3v) is 5.54. The van der Waals surface area contributed by atoms with Gasteiger partial charge in [-0.05, 0) is 38.1 Å². The third kappa shape index (κ3) is 4.75. The molecule has 1 amide bonds. The predicted molar refractivity (Wildman–Crippen MR) is 117 cm³/mol. The van der Waals surface area contributed by atoms with Gasteiger partial charge in [0.15, 0.2) is 0 Å². The number of carbonyl (C=O) groups excluding carboxylic acids is 1. The zero-order valence-corrected chi connectivity index (χ0v) is 18.2. The van der Waals surface area contributed by atoms with Crippen LogP contribution in [0.1, 0.15) is 36.1 Å². The molecule has 0 aliphatic carbocycles. The van der Waals surface area contributed by atoms with E-state index in [4.69, 9.17) is 9.47 Å². The van der Waals surface area contributed by atoms with Gasteiger partial charge in [-0.2, -0.15) is 0 Å². The van der Waals surface area contributed by atoms with Crippen LogP contribution in [-0.2, 0) is 16.0 Å². The molecular weight excluding hydrogens is 422 g/mol. The van der Waals surface area contributed by atoms with Crippen LogP contribution in [0.4, 0.5) is 5.69 Å². The average Bonchev–Trinajstić information content (AvgIpc) is 3.18. The molecule has 3 aromatic rings. The summed E-state index contributed by atoms with van der Waals surface area (Å²) in [5, 5.41) is 13.6. The summed E-state index contributed by atoms with van der Waals surface area (Å²) in [6.07, 6.45) is 0.294. The van der Waals surface area contributed by atoms with Gasteiger partial charge in [-0.3, -0.25) is 14.2 Å². The van der Waals surface area contributed by atoms with Crippen LogP contribution in [0.5, 0.6) is 5.75 Å². The first kappa shape index (κ1) is 22.4. The quantitative estimate of drug-likeness (QED) is 0.520. The highest BCUT2D eigenvalue weighted by atomic mass is 32.1. The van der Waals surface area contributed by atoms with Crippen molar-refractivity contribution in [3.05, 3.63) is 51.4 Å². The minimum atomic E-state index is -1.21. The number of amides is 1. The number of carboxylic acid groups (broad SMARTS) is 1. The molecule has 0 saturated heterocycles. The maximum atomic E-state index is 13.2. The number of hydrogen-bond donors (Lipinski definition) is 2. The molecule has 0 spiro atoms. The fourth-order valence-corrected chi connectivity index (χ4v) is 4.06. The Balaban J connectivity index is 1.98. The number of benzene rings is 1. The summed E-state index contributed by atoms with van der Waals surface area (Å²) in [6, 6.07) is 5.94. The highest BCUT2D eigenvalue weighted by molar-refractivity contribution is 7.17. The maximum Gasteiger partial charge on any atom is 0.337 e. The summed E-state index contributed by atoms with van der Waals surface area (Å²) in [5.41, 5.74) is -0.143. The van der Waals surface area contributed by atoms with Crippen molar-refractivity contribution in [1.29, 1.82) is 0 Å². The van der Waals surface area contributed by atoms with Gasteiger partial charge in [-0.25, -0.2) is 9.78 Å². The van der Waals surface area contributed by atoms with E-state index >= 15 is 0 Å². The minimum absolute atomic E-state index is 0.000570. The summed E-state index contributed by atoms with van der Waals surface area (Å²) in [7, 11) is 1.52. The molecule has 0 saturated carbocycles. The van der Waals surface area contributed by atoms with Crippen LogP contribution >= 0.6 is 11.3 Å². The fourth-order valence-electron chi connectivity index (χ4n) is 3.14. The smallest absolute Gasteiger partial charge is 0.337 e. The van der Waals surface area contributed by atoms with Crippen molar-refractivity contribution in [2.45, 2.75) is 26.3 Å². The third-order valence-electron chi connectivity index (χ3n) is 4.67. The number of thiophene rings is 1. The Morgan fingerprint density at radius 3 is 2.61 bits per heavy atom. The summed E-state index contributed by atoms with van der Waals surface area (Å²) >= 11 is 1.08. The van der Waals surface area contributed by atoms with E-state index < -0.39 is 23.5 Å². The second-order valence-electron chi connectivity index (χ2n) is 6.70. The van der Waals surface area contributed by atoms with Crippen LogP contribution in [0.15, 0.2) is 34.4 Å². The Hall–Kier alpha value is -3.24. The first-order valence-electron chi connectivity index (χ1n) is 9.65. The van der Waals surface area contributed by atoms with Crippen LogP contribution in [-0.4, -0.2) is 46.9 Å². The number of nitrogens with one attached hydrogen (secondary N) is 1. The first-order valence-corrected chi connectivity index (χ1v) is 10.5. The zero-order chi connectivity index (χ0) is 22.5. The van der Waals surface area contributed by atoms with Crippen LogP contribution in [0.2, 0.25) is 0 Å². The van der Waals surface area contributed by atoms with Gasteiger partial charge in [0, 0.05) is 24.6 Å². The minimum Gasteiger partial charge on any atom is -0.494 e. The van der Waals surface area contributed by atoms with E-state index in [1.807, 2.05) is 6.92 Å². The van der Waals surface area contributed by atoms with Crippen LogP contribution < -0.4 is 15.6 Å². The fraction of sp³-hybridized carbons (Fsp3) is 0.333. The lowest BCUT2D eigenvalue weighted by atomic mass is 10.2. The van der Waals surface area contributed by atoms with Gasteiger partial charge >= 0.3 is 5.97 Å². The normalized spacial score (nSPS) is 12.0. The topological polar surface area (TPSA) is 120 Å². The largest absolute Gasteiger partial charge is 0.494 e. The number of rotatable bonds is 9. The first-order chi connectivity index (χ1) is 14.9. The molecule has 2 heterocycles. The molecule has 1 aromatic carbocycles. The molecule has 1 atom stereocenters. The molecule has 0 radical (unpaired) electrons. The van der Waals surface area contributed by atoms with E-state index in [-0.39, 0.29) is 10.9 Å². The predicted octanol–water partition coefficient (Wildman–Crippen LogP) is 2.94. The molecule has 2 aromatic heterocycles. The number of hydrogen-bond acceptors (Lipinski definition) is 7. The molecule has 0 aliphatic rings. The standard InChI is InChI=1S/C21H23N3O6S/c1-4-30-14-7-5-13(6-8-14)22-18(25)12(2)24-16(9-10-29-3)23-19-17(20(24)26)15(11-31-19)21(27)28/h5-8,11-12H,4,9-10H2,1-3H3,(H,22,25)(H,27,28). The van der Waals surface area contributed by atoms with Crippen molar-refractivity contribution in [3.63, 3.8) is 0 Å². The molecule has 0 fully saturated rings. The van der Waals surface area contributed by atoms with E-state index in [1.54, 1.807) is 31.2 Å². The van der Waals surface area contributed by atoms with Gasteiger partial charge in [0.05, 0.1) is 24.2 Å². The van der Waals surface area contributed by atoms with E-state index in [9.17, 15) is 19.5 Å². The number of nitrogens with zero attached hydrogens (tertiary/aromatic N) is 2. The van der Waals surface area contributed by atoms with Crippen LogP contribution in [0, 0.1) is 0 Å². The second-order valence-corrected chi connectivity index (χ2v) is 7.56. The lowest BCUT2D eigenvalue weighted by Crippen LogP contribution is -2.35.